The summed E-state index contributed by atoms with van der Waals surface area (Å²) < 4.78 is 41.7. The zero-order valence-corrected chi connectivity index (χ0v) is 15.3. The Morgan fingerprint density at radius 2 is 1.96 bits per heavy atom. The van der Waals surface area contributed by atoms with Crippen LogP contribution in [-0.2, 0) is 25.7 Å². The Balaban J connectivity index is 1.61. The number of imidazole rings is 1. The van der Waals surface area contributed by atoms with Crippen LogP contribution in [0.3, 0.4) is 0 Å². The van der Waals surface area contributed by atoms with E-state index in [4.69, 9.17) is 11.6 Å². The predicted octanol–water partition coefficient (Wildman–Crippen LogP) is 3.25. The van der Waals surface area contributed by atoms with Crippen LogP contribution in [0.2, 0.25) is 5.02 Å². The van der Waals surface area contributed by atoms with Crippen LogP contribution < -0.4 is 10.5 Å². The minimum absolute atomic E-state index is 0.0577. The summed E-state index contributed by atoms with van der Waals surface area (Å²) in [6.07, 6.45) is -1.19. The Hall–Kier alpha value is -2.81. The fourth-order valence-electron chi connectivity index (χ4n) is 3.41. The predicted molar refractivity (Wildman–Crippen MR) is 97.4 cm³/mol. The monoisotopic (exact) mass is 409 g/mol. The number of aromatic nitrogens is 4. The maximum Gasteiger partial charge on any atom is 0.416 e. The molecule has 1 aliphatic rings. The van der Waals surface area contributed by atoms with Gasteiger partial charge in [0.25, 0.3) is 5.56 Å². The van der Waals surface area contributed by atoms with Crippen molar-refractivity contribution in [1.82, 2.24) is 19.7 Å². The molecule has 1 N–H and O–H groups in total. The van der Waals surface area contributed by atoms with Crippen LogP contribution in [0.4, 0.5) is 18.9 Å². The van der Waals surface area contributed by atoms with Gasteiger partial charge in [-0.05, 0) is 11.6 Å². The molecule has 0 aliphatic carbocycles. The molecule has 0 spiro atoms. The van der Waals surface area contributed by atoms with Crippen molar-refractivity contribution in [2.24, 2.45) is 0 Å². The molecule has 6 nitrogen and oxygen atoms in total. The zero-order chi connectivity index (χ0) is 19.9. The second-order valence-electron chi connectivity index (χ2n) is 6.47. The fraction of sp³-hybridized carbons (Fsp3) is 0.278. The number of hydrogen-bond acceptors (Lipinski definition) is 4. The Kier molecular flexibility index (Phi) is 4.62. The van der Waals surface area contributed by atoms with Crippen molar-refractivity contribution in [3.05, 3.63) is 74.7 Å². The molecule has 146 valence electrons. The Bertz CT molecular complexity index is 1080. The topological polar surface area (TPSA) is 66.8 Å². The Morgan fingerprint density at radius 3 is 2.75 bits per heavy atom. The first-order valence-corrected chi connectivity index (χ1v) is 8.89. The van der Waals surface area contributed by atoms with E-state index in [0.717, 1.165) is 11.8 Å². The van der Waals surface area contributed by atoms with Gasteiger partial charge in [0.2, 0.25) is 0 Å². The van der Waals surface area contributed by atoms with Crippen molar-refractivity contribution in [1.29, 1.82) is 0 Å². The highest BCUT2D eigenvalue weighted by Gasteiger charge is 2.33. The lowest BCUT2D eigenvalue weighted by Crippen LogP contribution is -2.35. The second kappa shape index (κ2) is 6.97. The molecule has 0 atom stereocenters. The summed E-state index contributed by atoms with van der Waals surface area (Å²) in [5, 5.41) is 6.11. The van der Waals surface area contributed by atoms with E-state index < -0.39 is 17.3 Å². The van der Waals surface area contributed by atoms with Crippen LogP contribution in [-0.4, -0.2) is 26.3 Å². The molecule has 1 aliphatic heterocycles. The molecule has 0 saturated carbocycles. The molecule has 0 fully saturated rings. The van der Waals surface area contributed by atoms with Gasteiger partial charge in [-0.15, -0.1) is 0 Å². The summed E-state index contributed by atoms with van der Waals surface area (Å²) in [5.41, 5.74) is 0.422. The van der Waals surface area contributed by atoms with Crippen LogP contribution in [0.25, 0.3) is 0 Å². The SMILES string of the molecule is O=c1[nH]ncc(N2CCn3c(cnc3Cc3ccccc3C(F)(F)F)C2)c1Cl. The van der Waals surface area contributed by atoms with Crippen molar-refractivity contribution >= 4 is 17.3 Å². The smallest absolute Gasteiger partial charge is 0.361 e. The summed E-state index contributed by atoms with van der Waals surface area (Å²) in [6, 6.07) is 5.53. The molecule has 0 bridgehead atoms. The van der Waals surface area contributed by atoms with E-state index in [1.807, 2.05) is 9.47 Å². The Morgan fingerprint density at radius 1 is 1.18 bits per heavy atom. The standard InChI is InChI=1S/C18H15ClF3N5O/c19-16-14(9-24-25-17(16)28)26-5-6-27-12(10-26)8-23-15(27)7-11-3-1-2-4-13(11)18(20,21)22/h1-4,8-9H,5-7,10H2,(H,25,28). The van der Waals surface area contributed by atoms with Gasteiger partial charge in [-0.3, -0.25) is 4.79 Å². The van der Waals surface area contributed by atoms with Crippen molar-refractivity contribution in [3.8, 4) is 0 Å². The quantitative estimate of drug-likeness (QED) is 0.721. The van der Waals surface area contributed by atoms with Gasteiger partial charge < -0.3 is 9.47 Å². The van der Waals surface area contributed by atoms with Crippen LogP contribution >= 0.6 is 11.6 Å². The van der Waals surface area contributed by atoms with Crippen LogP contribution in [0, 0.1) is 0 Å². The average Bonchev–Trinajstić information content (AvgIpc) is 3.06. The molecular formula is C18H15ClF3N5O. The number of benzene rings is 1. The average molecular weight is 410 g/mol. The van der Waals surface area contributed by atoms with Crippen LogP contribution in [0.15, 0.2) is 41.5 Å². The molecule has 0 amide bonds. The zero-order valence-electron chi connectivity index (χ0n) is 14.5. The first-order valence-electron chi connectivity index (χ1n) is 8.51. The largest absolute Gasteiger partial charge is 0.416 e. The molecule has 4 rings (SSSR count). The van der Waals surface area contributed by atoms with E-state index in [9.17, 15) is 18.0 Å². The fourth-order valence-corrected chi connectivity index (χ4v) is 3.62. The van der Waals surface area contributed by atoms with Crippen molar-refractivity contribution in [2.45, 2.75) is 25.7 Å². The molecule has 28 heavy (non-hydrogen) atoms. The molecule has 0 radical (unpaired) electrons. The molecule has 10 heteroatoms. The summed E-state index contributed by atoms with van der Waals surface area (Å²) in [6.45, 7) is 1.48. The Labute approximate surface area is 162 Å². The highest BCUT2D eigenvalue weighted by Crippen LogP contribution is 2.33. The number of halogens is 4. The van der Waals surface area contributed by atoms with E-state index in [1.165, 1.54) is 18.3 Å². The third-order valence-corrected chi connectivity index (χ3v) is 5.12. The van der Waals surface area contributed by atoms with E-state index >= 15 is 0 Å². The van der Waals surface area contributed by atoms with Gasteiger partial charge in [-0.1, -0.05) is 29.8 Å². The summed E-state index contributed by atoms with van der Waals surface area (Å²) in [7, 11) is 0. The molecule has 3 aromatic rings. The van der Waals surface area contributed by atoms with Crippen LogP contribution in [0.5, 0.6) is 0 Å². The van der Waals surface area contributed by atoms with E-state index in [0.29, 0.717) is 31.1 Å². The van der Waals surface area contributed by atoms with Gasteiger partial charge in [0.15, 0.2) is 0 Å². The first-order chi connectivity index (χ1) is 13.3. The third-order valence-electron chi connectivity index (χ3n) is 4.76. The minimum Gasteiger partial charge on any atom is -0.361 e. The van der Waals surface area contributed by atoms with Crippen molar-refractivity contribution < 1.29 is 13.2 Å². The van der Waals surface area contributed by atoms with Gasteiger partial charge in [-0.25, -0.2) is 10.1 Å². The number of aromatic amines is 1. The van der Waals surface area contributed by atoms with Gasteiger partial charge in [0, 0.05) is 19.5 Å². The normalized spacial score (nSPS) is 14.2. The first kappa shape index (κ1) is 18.5. The number of rotatable bonds is 3. The maximum absolute atomic E-state index is 13.2. The van der Waals surface area contributed by atoms with Crippen LogP contribution in [0.1, 0.15) is 22.6 Å². The highest BCUT2D eigenvalue weighted by atomic mass is 35.5. The molecule has 2 aromatic heterocycles. The maximum atomic E-state index is 13.2. The number of H-pyrrole nitrogens is 1. The van der Waals surface area contributed by atoms with Gasteiger partial charge >= 0.3 is 6.18 Å². The minimum atomic E-state index is -4.41. The van der Waals surface area contributed by atoms with Crippen molar-refractivity contribution in [2.75, 3.05) is 11.4 Å². The number of hydrogen-bond donors (Lipinski definition) is 1. The summed E-state index contributed by atoms with van der Waals surface area (Å²) in [4.78, 5) is 17.9. The number of alkyl halides is 3. The lowest BCUT2D eigenvalue weighted by atomic mass is 10.0. The molecular weight excluding hydrogens is 395 g/mol. The lowest BCUT2D eigenvalue weighted by Gasteiger charge is -2.30. The number of nitrogens with one attached hydrogen (secondary N) is 1. The van der Waals surface area contributed by atoms with Crippen molar-refractivity contribution in [3.63, 3.8) is 0 Å². The van der Waals surface area contributed by atoms with Gasteiger partial charge in [0.1, 0.15) is 10.8 Å². The third kappa shape index (κ3) is 3.37. The summed E-state index contributed by atoms with van der Waals surface area (Å²) in [5.74, 6) is 0.571. The number of anilines is 1. The molecule has 0 unspecified atom stereocenters. The lowest BCUT2D eigenvalue weighted by molar-refractivity contribution is -0.138. The van der Waals surface area contributed by atoms with Gasteiger partial charge in [0.05, 0.1) is 35.9 Å². The van der Waals surface area contributed by atoms with Gasteiger partial charge in [-0.2, -0.15) is 18.3 Å². The summed E-state index contributed by atoms with van der Waals surface area (Å²) >= 11 is 6.07. The van der Waals surface area contributed by atoms with E-state index in [-0.39, 0.29) is 17.0 Å². The molecule has 3 heterocycles. The van der Waals surface area contributed by atoms with E-state index in [1.54, 1.807) is 12.3 Å². The molecule has 1 aromatic carbocycles. The number of fused-ring (bicyclic) bond motifs is 1. The number of nitrogens with zero attached hydrogens (tertiary/aromatic N) is 4. The molecule has 0 saturated heterocycles. The second-order valence-corrected chi connectivity index (χ2v) is 6.85. The van der Waals surface area contributed by atoms with E-state index in [2.05, 4.69) is 15.2 Å². The highest BCUT2D eigenvalue weighted by molar-refractivity contribution is 6.32.